The molecule has 178 valence electrons. The third-order valence-corrected chi connectivity index (χ3v) is 7.40. The van der Waals surface area contributed by atoms with Crippen molar-refractivity contribution >= 4 is 40.2 Å². The molecule has 3 aromatic carbocycles. The molecule has 0 unspecified atom stereocenters. The summed E-state index contributed by atoms with van der Waals surface area (Å²) in [5.41, 5.74) is 4.78. The molecule has 1 aliphatic heterocycles. The van der Waals surface area contributed by atoms with Crippen LogP contribution in [0.25, 0.3) is 10.9 Å². The Hall–Kier alpha value is -3.71. The Kier molecular flexibility index (Phi) is 6.51. The largest absolute Gasteiger partial charge is 0.497 e. The molecule has 35 heavy (non-hydrogen) atoms. The number of likely N-dealkylation sites (N-methyl/N-ethyl adjacent to an activating group) is 1. The lowest BCUT2D eigenvalue weighted by atomic mass is 10.0. The quantitative estimate of drug-likeness (QED) is 0.441. The first kappa shape index (κ1) is 23.1. The van der Waals surface area contributed by atoms with Crippen molar-refractivity contribution in [1.29, 1.82) is 0 Å². The summed E-state index contributed by atoms with van der Waals surface area (Å²) in [5.74, 6) is 1.12. The van der Waals surface area contributed by atoms with Gasteiger partial charge in [-0.3, -0.25) is 9.59 Å². The van der Waals surface area contributed by atoms with E-state index < -0.39 is 6.04 Å². The number of ether oxygens (including phenoxy) is 1. The van der Waals surface area contributed by atoms with Crippen LogP contribution in [0.5, 0.6) is 5.75 Å². The molecule has 0 saturated carbocycles. The number of fused-ring (bicyclic) bond motifs is 5. The lowest BCUT2D eigenvalue weighted by Crippen LogP contribution is -2.49. The van der Waals surface area contributed by atoms with Gasteiger partial charge in [0.2, 0.25) is 11.8 Å². The summed E-state index contributed by atoms with van der Waals surface area (Å²) in [6.45, 7) is 0. The van der Waals surface area contributed by atoms with E-state index in [-0.39, 0.29) is 18.2 Å². The maximum atomic E-state index is 13.6. The summed E-state index contributed by atoms with van der Waals surface area (Å²) in [7, 11) is 3.34. The third kappa shape index (κ3) is 4.91. The van der Waals surface area contributed by atoms with Crippen LogP contribution in [0.15, 0.2) is 77.7 Å². The van der Waals surface area contributed by atoms with Crippen LogP contribution in [0.4, 0.5) is 5.69 Å². The van der Waals surface area contributed by atoms with Gasteiger partial charge in [0.15, 0.2) is 0 Å². The molecule has 0 saturated heterocycles. The number of carbonyl (C=O) groups excluding carboxylic acids is 2. The van der Waals surface area contributed by atoms with Crippen LogP contribution in [-0.4, -0.2) is 37.0 Å². The number of para-hydroxylation sites is 1. The number of methoxy groups -OCH3 is 1. The van der Waals surface area contributed by atoms with Crippen LogP contribution >= 0.6 is 11.8 Å². The number of carbonyl (C=O) groups is 2. The molecular weight excluding hydrogens is 458 g/mol. The first-order chi connectivity index (χ1) is 17.0. The van der Waals surface area contributed by atoms with Gasteiger partial charge >= 0.3 is 0 Å². The molecule has 5 rings (SSSR count). The number of rotatable bonds is 3. The SMILES string of the molecule is COc1ccc(N(C)C(=O)[C@@H]2Cc3cccc(c3)SCc3[nH]c4ccccc4c3CC(=O)N2)cc1. The van der Waals surface area contributed by atoms with E-state index in [0.29, 0.717) is 6.42 Å². The van der Waals surface area contributed by atoms with Gasteiger partial charge in [-0.1, -0.05) is 30.3 Å². The predicted octanol–water partition coefficient (Wildman–Crippen LogP) is 4.72. The van der Waals surface area contributed by atoms with Gasteiger partial charge in [0.05, 0.1) is 13.5 Å². The van der Waals surface area contributed by atoms with Crippen molar-refractivity contribution in [2.45, 2.75) is 29.5 Å². The molecule has 2 heterocycles. The van der Waals surface area contributed by atoms with Gasteiger partial charge < -0.3 is 19.9 Å². The predicted molar refractivity (Wildman–Crippen MR) is 140 cm³/mol. The number of hydrogen-bond acceptors (Lipinski definition) is 4. The van der Waals surface area contributed by atoms with Crippen molar-refractivity contribution in [1.82, 2.24) is 10.3 Å². The van der Waals surface area contributed by atoms with Crippen LogP contribution < -0.4 is 15.0 Å². The highest BCUT2D eigenvalue weighted by Gasteiger charge is 2.27. The lowest BCUT2D eigenvalue weighted by Gasteiger charge is -2.25. The van der Waals surface area contributed by atoms with Gasteiger partial charge in [-0.2, -0.15) is 0 Å². The van der Waals surface area contributed by atoms with Crippen molar-refractivity contribution in [3.8, 4) is 5.75 Å². The van der Waals surface area contributed by atoms with Crippen molar-refractivity contribution in [3.05, 3.63) is 89.6 Å². The molecule has 0 spiro atoms. The highest BCUT2D eigenvalue weighted by atomic mass is 32.2. The van der Waals surface area contributed by atoms with Crippen LogP contribution in [0.1, 0.15) is 16.8 Å². The number of nitrogens with one attached hydrogen (secondary N) is 2. The number of benzene rings is 3. The zero-order chi connectivity index (χ0) is 24.4. The molecule has 7 heteroatoms. The standard InChI is InChI=1S/C28H27N3O3S/c1-31(19-10-12-20(34-2)13-11-19)28(33)25-15-18-6-5-7-21(14-18)35-17-26-23(16-27(32)30-25)22-8-3-4-9-24(22)29-26/h3-14,25,29H,15-17H2,1-2H3,(H,30,32)/t25-/m0/s1. The molecule has 0 radical (unpaired) electrons. The van der Waals surface area contributed by atoms with Crippen LogP contribution in [-0.2, 0) is 28.2 Å². The van der Waals surface area contributed by atoms with Gasteiger partial charge in [-0.15, -0.1) is 11.8 Å². The lowest BCUT2D eigenvalue weighted by molar-refractivity contribution is -0.127. The number of thioether (sulfide) groups is 1. The highest BCUT2D eigenvalue weighted by Crippen LogP contribution is 2.30. The molecule has 4 aromatic rings. The fourth-order valence-electron chi connectivity index (χ4n) is 4.51. The second-order valence-electron chi connectivity index (χ2n) is 8.66. The average Bonchev–Trinajstić information content (AvgIpc) is 3.23. The number of aromatic nitrogens is 1. The molecule has 1 aliphatic rings. The molecule has 1 atom stereocenters. The zero-order valence-electron chi connectivity index (χ0n) is 19.7. The molecule has 0 aliphatic carbocycles. The summed E-state index contributed by atoms with van der Waals surface area (Å²) in [6.07, 6.45) is 0.629. The Morgan fingerprint density at radius 2 is 1.86 bits per heavy atom. The summed E-state index contributed by atoms with van der Waals surface area (Å²) >= 11 is 1.73. The smallest absolute Gasteiger partial charge is 0.249 e. The first-order valence-electron chi connectivity index (χ1n) is 11.5. The second kappa shape index (κ2) is 9.88. The van der Waals surface area contributed by atoms with E-state index in [1.165, 1.54) is 0 Å². The Balaban J connectivity index is 1.49. The maximum absolute atomic E-state index is 13.6. The molecule has 1 aromatic heterocycles. The van der Waals surface area contributed by atoms with Crippen LogP contribution in [0.3, 0.4) is 0 Å². The monoisotopic (exact) mass is 485 g/mol. The van der Waals surface area contributed by atoms with Gasteiger partial charge in [-0.05, 0) is 53.6 Å². The summed E-state index contributed by atoms with van der Waals surface area (Å²) in [6, 6.07) is 22.9. The van der Waals surface area contributed by atoms with E-state index in [0.717, 1.165) is 49.8 Å². The molecule has 6 nitrogen and oxygen atoms in total. The minimum atomic E-state index is -0.692. The van der Waals surface area contributed by atoms with E-state index in [2.05, 4.69) is 22.4 Å². The summed E-state index contributed by atoms with van der Waals surface area (Å²) in [4.78, 5) is 33.1. The second-order valence-corrected chi connectivity index (χ2v) is 9.71. The fraction of sp³-hybridized carbons (Fsp3) is 0.214. The first-order valence-corrected chi connectivity index (χ1v) is 12.5. The van der Waals surface area contributed by atoms with E-state index in [1.807, 2.05) is 60.7 Å². The number of amides is 2. The van der Waals surface area contributed by atoms with E-state index in [9.17, 15) is 9.59 Å². The topological polar surface area (TPSA) is 74.4 Å². The van der Waals surface area contributed by atoms with Crippen LogP contribution in [0, 0.1) is 0 Å². The van der Waals surface area contributed by atoms with E-state index in [4.69, 9.17) is 4.74 Å². The van der Waals surface area contributed by atoms with Gasteiger partial charge in [0, 0.05) is 46.4 Å². The van der Waals surface area contributed by atoms with Crippen molar-refractivity contribution < 1.29 is 14.3 Å². The Bertz CT molecular complexity index is 1380. The molecular formula is C28H27N3O3S. The molecule has 0 fully saturated rings. The minimum Gasteiger partial charge on any atom is -0.497 e. The van der Waals surface area contributed by atoms with Crippen LogP contribution in [0.2, 0.25) is 0 Å². The van der Waals surface area contributed by atoms with Gasteiger partial charge in [0.25, 0.3) is 0 Å². The maximum Gasteiger partial charge on any atom is 0.249 e. The highest BCUT2D eigenvalue weighted by molar-refractivity contribution is 7.98. The van der Waals surface area contributed by atoms with Gasteiger partial charge in [0.1, 0.15) is 11.8 Å². The summed E-state index contributed by atoms with van der Waals surface area (Å²) in [5, 5.41) is 4.08. The van der Waals surface area contributed by atoms with E-state index in [1.54, 1.807) is 30.8 Å². The van der Waals surface area contributed by atoms with Crippen molar-refractivity contribution in [2.75, 3.05) is 19.1 Å². The number of H-pyrrole nitrogens is 1. The van der Waals surface area contributed by atoms with Crippen molar-refractivity contribution in [2.24, 2.45) is 0 Å². The normalized spacial score (nSPS) is 15.9. The average molecular weight is 486 g/mol. The number of nitrogens with zero attached hydrogens (tertiary/aromatic N) is 1. The van der Waals surface area contributed by atoms with Gasteiger partial charge in [-0.25, -0.2) is 0 Å². The Morgan fingerprint density at radius 1 is 1.06 bits per heavy atom. The molecule has 2 N–H and O–H groups in total. The Morgan fingerprint density at radius 3 is 2.66 bits per heavy atom. The number of aromatic amines is 1. The van der Waals surface area contributed by atoms with Crippen molar-refractivity contribution in [3.63, 3.8) is 0 Å². The zero-order valence-corrected chi connectivity index (χ0v) is 20.5. The Labute approximate surface area is 208 Å². The number of hydrogen-bond donors (Lipinski definition) is 2. The molecule has 2 amide bonds. The fourth-order valence-corrected chi connectivity index (χ4v) is 5.47. The molecule has 2 bridgehead atoms. The summed E-state index contributed by atoms with van der Waals surface area (Å²) < 4.78 is 5.23. The number of anilines is 1. The minimum absolute atomic E-state index is 0.167. The third-order valence-electron chi connectivity index (χ3n) is 6.38. The van der Waals surface area contributed by atoms with E-state index >= 15 is 0 Å².